The second-order valence-electron chi connectivity index (χ2n) is 10.8. The summed E-state index contributed by atoms with van der Waals surface area (Å²) in [5, 5.41) is 4.92. The highest BCUT2D eigenvalue weighted by atomic mass is 35.5. The van der Waals surface area contributed by atoms with Crippen LogP contribution in [0.1, 0.15) is 16.7 Å². The Morgan fingerprint density at radius 1 is 0.646 bits per heavy atom. The SMILES string of the molecule is O=C(Nc1ccc(N2CCOCC2)c(C(F)(F)F)c1)C(=Cc1cc(Cl)cc(Cl)c1)C(=O)Nc1ccc(N2CCOCC2)c(C(F)(F)F)c1. The minimum Gasteiger partial charge on any atom is -0.378 e. The maximum atomic E-state index is 14.1. The standard InChI is InChI=1S/C32H28Cl2F6N4O4/c33-20-13-19(14-21(34)16-20)15-24(29(45)41-22-1-3-27(25(17-22)31(35,36)37)43-5-9-47-10-6-43)30(46)42-23-2-4-28(26(18-23)32(38,39)40)44-7-11-48-12-8-44/h1-4,13-18H,5-12H2,(H,41,45)(H,42,46). The van der Waals surface area contributed by atoms with Crippen LogP contribution in [-0.4, -0.2) is 64.4 Å². The van der Waals surface area contributed by atoms with Crippen molar-refractivity contribution in [3.8, 4) is 0 Å². The average molecular weight is 717 g/mol. The largest absolute Gasteiger partial charge is 0.418 e. The Kier molecular flexibility index (Phi) is 10.8. The Balaban J connectivity index is 1.47. The van der Waals surface area contributed by atoms with E-state index in [2.05, 4.69) is 10.6 Å². The van der Waals surface area contributed by atoms with Gasteiger partial charge in [-0.2, -0.15) is 26.3 Å². The molecule has 256 valence electrons. The highest BCUT2D eigenvalue weighted by molar-refractivity contribution is 6.35. The van der Waals surface area contributed by atoms with Gasteiger partial charge in [0.05, 0.1) is 37.6 Å². The maximum absolute atomic E-state index is 14.1. The lowest BCUT2D eigenvalue weighted by Gasteiger charge is -2.31. The summed E-state index contributed by atoms with van der Waals surface area (Å²) in [6.45, 7) is 1.89. The fourth-order valence-corrected chi connectivity index (χ4v) is 5.84. The summed E-state index contributed by atoms with van der Waals surface area (Å²) >= 11 is 12.2. The third kappa shape index (κ3) is 8.73. The van der Waals surface area contributed by atoms with Crippen molar-refractivity contribution in [3.63, 3.8) is 0 Å². The van der Waals surface area contributed by atoms with Gasteiger partial charge in [0.15, 0.2) is 0 Å². The Bertz CT molecular complexity index is 1590. The van der Waals surface area contributed by atoms with Crippen LogP contribution in [0.5, 0.6) is 0 Å². The third-order valence-corrected chi connectivity index (χ3v) is 7.94. The molecule has 0 spiro atoms. The average Bonchev–Trinajstić information content (AvgIpc) is 3.03. The molecule has 5 rings (SSSR count). The van der Waals surface area contributed by atoms with Crippen molar-refractivity contribution in [2.24, 2.45) is 0 Å². The van der Waals surface area contributed by atoms with Crippen LogP contribution in [0.2, 0.25) is 10.0 Å². The smallest absolute Gasteiger partial charge is 0.378 e. The molecule has 2 N–H and O–H groups in total. The van der Waals surface area contributed by atoms with Crippen LogP contribution in [-0.2, 0) is 31.4 Å². The predicted octanol–water partition coefficient (Wildman–Crippen LogP) is 7.37. The number of carbonyl (C=O) groups excluding carboxylic acids is 2. The van der Waals surface area contributed by atoms with Crippen molar-refractivity contribution >= 4 is 63.8 Å². The van der Waals surface area contributed by atoms with E-state index in [0.29, 0.717) is 0 Å². The first-order valence-electron chi connectivity index (χ1n) is 14.6. The molecule has 3 aromatic rings. The van der Waals surface area contributed by atoms with Crippen molar-refractivity contribution in [1.29, 1.82) is 0 Å². The second-order valence-corrected chi connectivity index (χ2v) is 11.7. The maximum Gasteiger partial charge on any atom is 0.418 e. The molecule has 16 heteroatoms. The number of nitrogens with one attached hydrogen (secondary N) is 2. The molecular weight excluding hydrogens is 689 g/mol. The van der Waals surface area contributed by atoms with E-state index < -0.39 is 40.9 Å². The first-order chi connectivity index (χ1) is 22.7. The monoisotopic (exact) mass is 716 g/mol. The number of anilines is 4. The van der Waals surface area contributed by atoms with E-state index in [1.807, 2.05) is 0 Å². The highest BCUT2D eigenvalue weighted by Crippen LogP contribution is 2.40. The van der Waals surface area contributed by atoms with Gasteiger partial charge in [-0.25, -0.2) is 0 Å². The van der Waals surface area contributed by atoms with E-state index in [4.69, 9.17) is 32.7 Å². The van der Waals surface area contributed by atoms with Crippen molar-refractivity contribution in [2.45, 2.75) is 12.4 Å². The molecule has 0 atom stereocenters. The summed E-state index contributed by atoms with van der Waals surface area (Å²) < 4.78 is 95.2. The van der Waals surface area contributed by atoms with Crippen molar-refractivity contribution < 1.29 is 45.4 Å². The number of halogens is 8. The fraction of sp³-hybridized carbons (Fsp3) is 0.312. The Morgan fingerprint density at radius 3 is 1.42 bits per heavy atom. The van der Waals surface area contributed by atoms with Crippen LogP contribution in [0.25, 0.3) is 6.08 Å². The Morgan fingerprint density at radius 2 is 1.04 bits per heavy atom. The zero-order chi connectivity index (χ0) is 34.6. The van der Waals surface area contributed by atoms with Crippen LogP contribution in [0.3, 0.4) is 0 Å². The number of amides is 2. The first kappa shape index (κ1) is 35.3. The van der Waals surface area contributed by atoms with Gasteiger partial charge in [0.2, 0.25) is 0 Å². The molecule has 2 aliphatic heterocycles. The number of hydrogen-bond donors (Lipinski definition) is 2. The van der Waals surface area contributed by atoms with Gasteiger partial charge in [-0.3, -0.25) is 9.59 Å². The first-order valence-corrected chi connectivity index (χ1v) is 15.3. The number of morpholine rings is 2. The molecular formula is C32H28Cl2F6N4O4. The molecule has 8 nitrogen and oxygen atoms in total. The van der Waals surface area contributed by atoms with Crippen molar-refractivity contribution in [2.75, 3.05) is 73.0 Å². The molecule has 0 bridgehead atoms. The van der Waals surface area contributed by atoms with E-state index >= 15 is 0 Å². The van der Waals surface area contributed by atoms with Crippen molar-refractivity contribution in [1.82, 2.24) is 0 Å². The van der Waals surface area contributed by atoms with Gasteiger partial charge >= 0.3 is 12.4 Å². The van der Waals surface area contributed by atoms with E-state index in [0.717, 1.165) is 18.2 Å². The summed E-state index contributed by atoms with van der Waals surface area (Å²) in [5.41, 5.74) is -3.27. The number of carbonyl (C=O) groups is 2. The number of rotatable bonds is 7. The molecule has 0 unspecified atom stereocenters. The normalized spacial score (nSPS) is 15.6. The van der Waals surface area contributed by atoms with Gasteiger partial charge in [0.1, 0.15) is 5.57 Å². The van der Waals surface area contributed by atoms with Gasteiger partial charge in [-0.05, 0) is 66.2 Å². The van der Waals surface area contributed by atoms with Crippen LogP contribution >= 0.6 is 23.2 Å². The van der Waals surface area contributed by atoms with Gasteiger partial charge in [-0.1, -0.05) is 23.2 Å². The topological polar surface area (TPSA) is 83.1 Å². The number of hydrogen-bond acceptors (Lipinski definition) is 6. The molecule has 3 aromatic carbocycles. The molecule has 2 fully saturated rings. The number of benzene rings is 3. The summed E-state index contributed by atoms with van der Waals surface area (Å²) in [6, 6.07) is 10.5. The lowest BCUT2D eigenvalue weighted by atomic mass is 10.1. The van der Waals surface area contributed by atoms with Crippen molar-refractivity contribution in [3.05, 3.63) is 86.9 Å². The van der Waals surface area contributed by atoms with Gasteiger partial charge < -0.3 is 29.9 Å². The lowest BCUT2D eigenvalue weighted by Crippen LogP contribution is -2.37. The molecule has 0 radical (unpaired) electrons. The van der Waals surface area contributed by atoms with Crippen LogP contribution in [0.15, 0.2) is 60.2 Å². The highest BCUT2D eigenvalue weighted by Gasteiger charge is 2.37. The van der Waals surface area contributed by atoms with Crippen LogP contribution in [0.4, 0.5) is 49.1 Å². The molecule has 0 aliphatic carbocycles. The lowest BCUT2D eigenvalue weighted by molar-refractivity contribution is -0.138. The molecule has 2 saturated heterocycles. The molecule has 48 heavy (non-hydrogen) atoms. The molecule has 2 aliphatic rings. The van der Waals surface area contributed by atoms with E-state index in [9.17, 15) is 35.9 Å². The fourth-order valence-electron chi connectivity index (χ4n) is 5.30. The second kappa shape index (κ2) is 14.6. The van der Waals surface area contributed by atoms with E-state index in [1.165, 1.54) is 52.3 Å². The van der Waals surface area contributed by atoms with Crippen LogP contribution in [0, 0.1) is 0 Å². The Hall–Kier alpha value is -3.98. The minimum atomic E-state index is -4.79. The molecule has 2 amide bonds. The van der Waals surface area contributed by atoms with Gasteiger partial charge in [-0.15, -0.1) is 0 Å². The Labute approximate surface area is 281 Å². The summed E-state index contributed by atoms with van der Waals surface area (Å²) in [6.07, 6.45) is -8.50. The van der Waals surface area contributed by atoms with E-state index in [1.54, 1.807) is 0 Å². The van der Waals surface area contributed by atoms with Crippen LogP contribution < -0.4 is 20.4 Å². The predicted molar refractivity (Wildman–Crippen MR) is 171 cm³/mol. The summed E-state index contributed by atoms with van der Waals surface area (Å²) in [7, 11) is 0. The van der Waals surface area contributed by atoms with Gasteiger partial charge in [0, 0.05) is 59.0 Å². The minimum absolute atomic E-state index is 0.105. The number of nitrogens with zero attached hydrogens (tertiary/aromatic N) is 2. The van der Waals surface area contributed by atoms with E-state index in [-0.39, 0.29) is 91.0 Å². The third-order valence-electron chi connectivity index (χ3n) is 7.51. The number of ether oxygens (including phenoxy) is 2. The summed E-state index contributed by atoms with van der Waals surface area (Å²) in [4.78, 5) is 30.1. The molecule has 0 aromatic heterocycles. The molecule has 0 saturated carbocycles. The number of alkyl halides is 6. The zero-order valence-corrected chi connectivity index (χ0v) is 26.5. The zero-order valence-electron chi connectivity index (χ0n) is 25.0. The quantitative estimate of drug-likeness (QED) is 0.115. The summed E-state index contributed by atoms with van der Waals surface area (Å²) in [5.74, 6) is -2.28. The van der Waals surface area contributed by atoms with Gasteiger partial charge in [0.25, 0.3) is 11.8 Å². The molecule has 2 heterocycles.